The lowest BCUT2D eigenvalue weighted by Crippen LogP contribution is -2.14. The molecule has 0 aromatic carbocycles. The number of hydrogen-bond donors (Lipinski definition) is 2. The summed E-state index contributed by atoms with van der Waals surface area (Å²) >= 11 is 6.65. The Morgan fingerprint density at radius 1 is 1.26 bits per heavy atom. The Hall–Kier alpha value is -1.60. The molecule has 0 atom stereocenters. The summed E-state index contributed by atoms with van der Waals surface area (Å²) in [5, 5.41) is 4.02. The smallest absolute Gasteiger partial charge is 0.188 e. The summed E-state index contributed by atoms with van der Waals surface area (Å²) in [5.41, 5.74) is 7.35. The van der Waals surface area contributed by atoms with Gasteiger partial charge in [0.1, 0.15) is 10.7 Å². The molecule has 0 aliphatic heterocycles. The fraction of sp³-hybridized carbons (Fsp3) is 0.333. The van der Waals surface area contributed by atoms with Gasteiger partial charge in [-0.3, -0.25) is 0 Å². The van der Waals surface area contributed by atoms with Crippen LogP contribution in [-0.4, -0.2) is 19.9 Å². The van der Waals surface area contributed by atoms with Crippen LogP contribution in [0.3, 0.4) is 0 Å². The summed E-state index contributed by atoms with van der Waals surface area (Å²) in [5.74, 6) is 0.570. The highest BCUT2D eigenvalue weighted by Crippen LogP contribution is 2.31. The maximum Gasteiger partial charge on any atom is 0.188 e. The van der Waals surface area contributed by atoms with Crippen molar-refractivity contribution in [1.29, 1.82) is 0 Å². The van der Waals surface area contributed by atoms with Gasteiger partial charge in [-0.1, -0.05) is 12.2 Å². The first-order valence-electron chi connectivity index (χ1n) is 6.10. The molecule has 0 saturated heterocycles. The summed E-state index contributed by atoms with van der Waals surface area (Å²) in [7, 11) is 0. The van der Waals surface area contributed by atoms with E-state index in [1.54, 1.807) is 23.7 Å². The number of anilines is 2. The number of thiazole rings is 1. The van der Waals surface area contributed by atoms with Crippen LogP contribution in [0, 0.1) is 0 Å². The quantitative estimate of drug-likeness (QED) is 0.844. The molecule has 0 radical (unpaired) electrons. The van der Waals surface area contributed by atoms with Crippen molar-refractivity contribution in [3.8, 4) is 0 Å². The highest BCUT2D eigenvalue weighted by atomic mass is 32.1. The lowest BCUT2D eigenvalue weighted by molar-refractivity contribution is 0.683. The standard InChI is InChI=1S/C12H13N5S2/c13-10(18)9-11(15-6-5-14-9)17-12-16-7-3-1-2-4-8(7)19-12/h5-6H,1-4H2,(H2,13,18)(H,15,16,17). The van der Waals surface area contributed by atoms with E-state index in [2.05, 4.69) is 20.3 Å². The molecule has 0 saturated carbocycles. The molecule has 2 heterocycles. The molecule has 1 aliphatic carbocycles. The zero-order chi connectivity index (χ0) is 13.2. The number of nitrogens with zero attached hydrogens (tertiary/aromatic N) is 3. The van der Waals surface area contributed by atoms with Crippen LogP contribution in [0.1, 0.15) is 29.1 Å². The largest absolute Gasteiger partial charge is 0.388 e. The summed E-state index contributed by atoms with van der Waals surface area (Å²) in [6.45, 7) is 0. The number of nitrogens with two attached hydrogens (primary N) is 1. The van der Waals surface area contributed by atoms with Crippen molar-refractivity contribution in [2.75, 3.05) is 5.32 Å². The fourth-order valence-electron chi connectivity index (χ4n) is 2.12. The Morgan fingerprint density at radius 2 is 2.05 bits per heavy atom. The molecule has 3 N–H and O–H groups in total. The molecule has 5 nitrogen and oxygen atoms in total. The van der Waals surface area contributed by atoms with Crippen LogP contribution in [0.5, 0.6) is 0 Å². The van der Waals surface area contributed by atoms with Gasteiger partial charge in [0.25, 0.3) is 0 Å². The molecule has 0 fully saturated rings. The van der Waals surface area contributed by atoms with Gasteiger partial charge < -0.3 is 11.1 Å². The predicted molar refractivity (Wildman–Crippen MR) is 80.0 cm³/mol. The van der Waals surface area contributed by atoms with E-state index in [1.807, 2.05) is 0 Å². The number of fused-ring (bicyclic) bond motifs is 1. The number of rotatable bonds is 3. The van der Waals surface area contributed by atoms with Crippen LogP contribution < -0.4 is 11.1 Å². The third kappa shape index (κ3) is 2.57. The second kappa shape index (κ2) is 5.18. The summed E-state index contributed by atoms with van der Waals surface area (Å²) < 4.78 is 0. The summed E-state index contributed by atoms with van der Waals surface area (Å²) in [6, 6.07) is 0. The Balaban J connectivity index is 1.89. The van der Waals surface area contributed by atoms with E-state index in [4.69, 9.17) is 18.0 Å². The SMILES string of the molecule is NC(=S)c1nccnc1Nc1nc2c(s1)CCCC2. The molecular weight excluding hydrogens is 278 g/mol. The molecule has 0 bridgehead atoms. The highest BCUT2D eigenvalue weighted by Gasteiger charge is 2.16. The van der Waals surface area contributed by atoms with Gasteiger partial charge in [0.15, 0.2) is 10.9 Å². The number of thiocarbonyl (C=S) groups is 1. The van der Waals surface area contributed by atoms with Crippen molar-refractivity contribution in [3.05, 3.63) is 28.7 Å². The first-order valence-corrected chi connectivity index (χ1v) is 7.33. The lowest BCUT2D eigenvalue weighted by Gasteiger charge is -2.06. The Bertz CT molecular complexity index is 599. The topological polar surface area (TPSA) is 76.7 Å². The zero-order valence-corrected chi connectivity index (χ0v) is 11.9. The molecular formula is C12H13N5S2. The third-order valence-electron chi connectivity index (χ3n) is 3.00. The van der Waals surface area contributed by atoms with Crippen LogP contribution >= 0.6 is 23.6 Å². The minimum Gasteiger partial charge on any atom is -0.388 e. The van der Waals surface area contributed by atoms with Gasteiger partial charge in [-0.05, 0) is 25.7 Å². The maximum atomic E-state index is 5.64. The van der Waals surface area contributed by atoms with Crippen molar-refractivity contribution >= 4 is 39.5 Å². The van der Waals surface area contributed by atoms with E-state index in [1.165, 1.54) is 23.4 Å². The Labute approximate surface area is 120 Å². The van der Waals surface area contributed by atoms with E-state index >= 15 is 0 Å². The first kappa shape index (κ1) is 12.4. The van der Waals surface area contributed by atoms with Gasteiger partial charge >= 0.3 is 0 Å². The van der Waals surface area contributed by atoms with Crippen molar-refractivity contribution in [2.45, 2.75) is 25.7 Å². The molecule has 7 heteroatoms. The second-order valence-electron chi connectivity index (χ2n) is 4.34. The van der Waals surface area contributed by atoms with Crippen molar-refractivity contribution < 1.29 is 0 Å². The second-order valence-corrected chi connectivity index (χ2v) is 5.86. The van der Waals surface area contributed by atoms with E-state index in [0.29, 0.717) is 11.5 Å². The molecule has 2 aromatic rings. The van der Waals surface area contributed by atoms with Crippen molar-refractivity contribution in [2.24, 2.45) is 5.73 Å². The van der Waals surface area contributed by atoms with E-state index in [-0.39, 0.29) is 4.99 Å². The zero-order valence-electron chi connectivity index (χ0n) is 10.2. The lowest BCUT2D eigenvalue weighted by atomic mass is 10.0. The van der Waals surface area contributed by atoms with Crippen molar-refractivity contribution in [1.82, 2.24) is 15.0 Å². The molecule has 0 amide bonds. The van der Waals surface area contributed by atoms with Crippen LogP contribution in [-0.2, 0) is 12.8 Å². The minimum atomic E-state index is 0.233. The summed E-state index contributed by atoms with van der Waals surface area (Å²) in [4.78, 5) is 14.6. The normalized spacial score (nSPS) is 13.9. The van der Waals surface area contributed by atoms with Gasteiger partial charge in [-0.15, -0.1) is 11.3 Å². The van der Waals surface area contributed by atoms with E-state index in [9.17, 15) is 0 Å². The maximum absolute atomic E-state index is 5.64. The van der Waals surface area contributed by atoms with Gasteiger partial charge in [-0.2, -0.15) is 0 Å². The average Bonchev–Trinajstić information content (AvgIpc) is 2.81. The number of aromatic nitrogens is 3. The molecule has 1 aliphatic rings. The highest BCUT2D eigenvalue weighted by molar-refractivity contribution is 7.80. The van der Waals surface area contributed by atoms with Gasteiger partial charge in [-0.25, -0.2) is 15.0 Å². The van der Waals surface area contributed by atoms with Gasteiger partial charge in [0, 0.05) is 17.3 Å². The first-order chi connectivity index (χ1) is 9.24. The van der Waals surface area contributed by atoms with Gasteiger partial charge in [0.2, 0.25) is 0 Å². The molecule has 2 aromatic heterocycles. The van der Waals surface area contributed by atoms with Gasteiger partial charge in [0.05, 0.1) is 5.69 Å². The number of hydrogen-bond acceptors (Lipinski definition) is 6. The van der Waals surface area contributed by atoms with Crippen LogP contribution in [0.4, 0.5) is 10.9 Å². The average molecular weight is 291 g/mol. The minimum absolute atomic E-state index is 0.233. The Morgan fingerprint density at radius 3 is 2.84 bits per heavy atom. The van der Waals surface area contributed by atoms with Crippen LogP contribution in [0.15, 0.2) is 12.4 Å². The van der Waals surface area contributed by atoms with Crippen molar-refractivity contribution in [3.63, 3.8) is 0 Å². The molecule has 19 heavy (non-hydrogen) atoms. The predicted octanol–water partition coefficient (Wildman–Crippen LogP) is 2.19. The summed E-state index contributed by atoms with van der Waals surface area (Å²) in [6.07, 6.45) is 7.84. The van der Waals surface area contributed by atoms with E-state index in [0.717, 1.165) is 18.0 Å². The molecule has 3 rings (SSSR count). The number of nitrogens with one attached hydrogen (secondary N) is 1. The monoisotopic (exact) mass is 291 g/mol. The molecule has 0 unspecified atom stereocenters. The van der Waals surface area contributed by atoms with Crippen LogP contribution in [0.2, 0.25) is 0 Å². The third-order valence-corrected chi connectivity index (χ3v) is 4.27. The number of aryl methyl sites for hydroxylation is 2. The Kier molecular flexibility index (Phi) is 3.39. The molecule has 0 spiro atoms. The molecule has 98 valence electrons. The van der Waals surface area contributed by atoms with E-state index < -0.39 is 0 Å². The fourth-order valence-corrected chi connectivity index (χ4v) is 3.31. The van der Waals surface area contributed by atoms with Crippen LogP contribution in [0.25, 0.3) is 0 Å².